The molecule has 0 amide bonds. The normalized spacial score (nSPS) is 9.61. The fraction of sp³-hybridized carbons (Fsp3) is 0.0714. The van der Waals surface area contributed by atoms with Crippen molar-refractivity contribution in [3.8, 4) is 11.8 Å². The summed E-state index contributed by atoms with van der Waals surface area (Å²) < 4.78 is 5.14. The Morgan fingerprint density at radius 1 is 1.17 bits per heavy atom. The number of anilines is 2. The predicted octanol–water partition coefficient (Wildman–Crippen LogP) is 3.96. The van der Waals surface area contributed by atoms with Crippen LogP contribution in [0.1, 0.15) is 5.56 Å². The van der Waals surface area contributed by atoms with Gasteiger partial charge in [-0.1, -0.05) is 23.7 Å². The van der Waals surface area contributed by atoms with Gasteiger partial charge in [-0.05, 0) is 24.3 Å². The number of hydrogen-bond donors (Lipinski definition) is 1. The Kier molecular flexibility index (Phi) is 3.71. The zero-order valence-corrected chi connectivity index (χ0v) is 10.5. The molecule has 0 bridgehead atoms. The molecule has 1 N–H and O–H groups in total. The number of para-hydroxylation sites is 1. The average molecular weight is 259 g/mol. The Hall–Kier alpha value is -2.18. The van der Waals surface area contributed by atoms with E-state index in [1.165, 1.54) is 0 Å². The molecule has 90 valence electrons. The van der Waals surface area contributed by atoms with Crippen LogP contribution in [0.25, 0.3) is 0 Å². The third-order valence-electron chi connectivity index (χ3n) is 2.49. The maximum absolute atomic E-state index is 9.02. The monoisotopic (exact) mass is 258 g/mol. The molecule has 0 fully saturated rings. The summed E-state index contributed by atoms with van der Waals surface area (Å²) in [5, 5.41) is 12.7. The number of nitriles is 1. The lowest BCUT2D eigenvalue weighted by Crippen LogP contribution is -1.95. The molecule has 0 atom stereocenters. The summed E-state index contributed by atoms with van der Waals surface area (Å²) >= 11 is 6.10. The van der Waals surface area contributed by atoms with E-state index in [2.05, 4.69) is 11.4 Å². The standard InChI is InChI=1S/C14H11ClN2O/c1-18-11-6-7-12(15)14(8-11)17-13-5-3-2-4-10(13)9-16/h2-8,17H,1H3. The molecule has 0 aliphatic rings. The molecule has 0 unspecified atom stereocenters. The van der Waals surface area contributed by atoms with Crippen LogP contribution in [0.15, 0.2) is 42.5 Å². The van der Waals surface area contributed by atoms with E-state index in [1.807, 2.05) is 18.2 Å². The number of nitrogens with one attached hydrogen (secondary N) is 1. The van der Waals surface area contributed by atoms with Crippen LogP contribution in [0.5, 0.6) is 5.75 Å². The van der Waals surface area contributed by atoms with Gasteiger partial charge in [0.1, 0.15) is 11.8 Å². The third-order valence-corrected chi connectivity index (χ3v) is 2.82. The highest BCUT2D eigenvalue weighted by Gasteiger charge is 2.05. The van der Waals surface area contributed by atoms with Crippen LogP contribution in [-0.2, 0) is 0 Å². The highest BCUT2D eigenvalue weighted by atomic mass is 35.5. The van der Waals surface area contributed by atoms with E-state index in [0.717, 1.165) is 5.69 Å². The van der Waals surface area contributed by atoms with E-state index in [1.54, 1.807) is 31.4 Å². The van der Waals surface area contributed by atoms with Crippen molar-refractivity contribution in [2.24, 2.45) is 0 Å². The van der Waals surface area contributed by atoms with Crippen LogP contribution in [0, 0.1) is 11.3 Å². The number of nitrogens with zero attached hydrogens (tertiary/aromatic N) is 1. The van der Waals surface area contributed by atoms with E-state index in [-0.39, 0.29) is 0 Å². The van der Waals surface area contributed by atoms with Gasteiger partial charge in [0.25, 0.3) is 0 Å². The van der Waals surface area contributed by atoms with Gasteiger partial charge in [-0.25, -0.2) is 0 Å². The molecule has 0 saturated carbocycles. The molecule has 4 heteroatoms. The summed E-state index contributed by atoms with van der Waals surface area (Å²) in [4.78, 5) is 0. The predicted molar refractivity (Wildman–Crippen MR) is 72.4 cm³/mol. The number of benzene rings is 2. The van der Waals surface area contributed by atoms with Crippen LogP contribution in [0.2, 0.25) is 5.02 Å². The zero-order valence-electron chi connectivity index (χ0n) is 9.77. The minimum atomic E-state index is 0.566. The molecule has 0 heterocycles. The first-order chi connectivity index (χ1) is 8.74. The van der Waals surface area contributed by atoms with Gasteiger partial charge in [-0.15, -0.1) is 0 Å². The fourth-order valence-corrected chi connectivity index (χ4v) is 1.73. The van der Waals surface area contributed by atoms with Crippen molar-refractivity contribution in [1.82, 2.24) is 0 Å². The van der Waals surface area contributed by atoms with Crippen molar-refractivity contribution in [3.05, 3.63) is 53.1 Å². The number of halogens is 1. The zero-order chi connectivity index (χ0) is 13.0. The average Bonchev–Trinajstić information content (AvgIpc) is 2.42. The van der Waals surface area contributed by atoms with E-state index in [4.69, 9.17) is 21.6 Å². The molecular formula is C14H11ClN2O. The van der Waals surface area contributed by atoms with Gasteiger partial charge in [0.15, 0.2) is 0 Å². The largest absolute Gasteiger partial charge is 0.497 e. The molecule has 18 heavy (non-hydrogen) atoms. The number of hydrogen-bond acceptors (Lipinski definition) is 3. The van der Waals surface area contributed by atoms with E-state index < -0.39 is 0 Å². The van der Waals surface area contributed by atoms with Crippen molar-refractivity contribution in [1.29, 1.82) is 5.26 Å². The van der Waals surface area contributed by atoms with Crippen molar-refractivity contribution >= 4 is 23.0 Å². The van der Waals surface area contributed by atoms with Crippen LogP contribution < -0.4 is 10.1 Å². The minimum absolute atomic E-state index is 0.566. The molecule has 0 radical (unpaired) electrons. The third kappa shape index (κ3) is 2.55. The van der Waals surface area contributed by atoms with Crippen LogP contribution in [0.4, 0.5) is 11.4 Å². The molecule has 0 aliphatic heterocycles. The van der Waals surface area contributed by atoms with E-state index in [9.17, 15) is 0 Å². The van der Waals surface area contributed by atoms with Gasteiger partial charge in [-0.3, -0.25) is 0 Å². The topological polar surface area (TPSA) is 45.0 Å². The molecule has 2 rings (SSSR count). The van der Waals surface area contributed by atoms with Crippen LogP contribution in [0.3, 0.4) is 0 Å². The van der Waals surface area contributed by atoms with Crippen molar-refractivity contribution < 1.29 is 4.74 Å². The SMILES string of the molecule is COc1ccc(Cl)c(Nc2ccccc2C#N)c1. The van der Waals surface area contributed by atoms with Gasteiger partial charge in [0.05, 0.1) is 29.1 Å². The summed E-state index contributed by atoms with van der Waals surface area (Å²) in [6.07, 6.45) is 0. The van der Waals surface area contributed by atoms with Crippen molar-refractivity contribution in [2.45, 2.75) is 0 Å². The first kappa shape index (κ1) is 12.3. The highest BCUT2D eigenvalue weighted by Crippen LogP contribution is 2.30. The lowest BCUT2D eigenvalue weighted by atomic mass is 10.2. The lowest BCUT2D eigenvalue weighted by molar-refractivity contribution is 0.415. The Labute approximate surface area is 111 Å². The van der Waals surface area contributed by atoms with Gasteiger partial charge < -0.3 is 10.1 Å². The van der Waals surface area contributed by atoms with Crippen molar-refractivity contribution in [2.75, 3.05) is 12.4 Å². The molecule has 0 spiro atoms. The number of ether oxygens (including phenoxy) is 1. The number of methoxy groups -OCH3 is 1. The summed E-state index contributed by atoms with van der Waals surface area (Å²) in [5.41, 5.74) is 1.99. The van der Waals surface area contributed by atoms with E-state index >= 15 is 0 Å². The molecule has 2 aromatic carbocycles. The Balaban J connectivity index is 2.37. The molecular weight excluding hydrogens is 248 g/mol. The second-order valence-electron chi connectivity index (χ2n) is 3.63. The van der Waals surface area contributed by atoms with Crippen LogP contribution >= 0.6 is 11.6 Å². The Morgan fingerprint density at radius 3 is 2.67 bits per heavy atom. The second kappa shape index (κ2) is 5.44. The molecule has 0 aromatic heterocycles. The molecule has 0 saturated heterocycles. The van der Waals surface area contributed by atoms with Gasteiger partial charge in [0, 0.05) is 6.07 Å². The maximum atomic E-state index is 9.02. The molecule has 3 nitrogen and oxygen atoms in total. The minimum Gasteiger partial charge on any atom is -0.497 e. The smallest absolute Gasteiger partial charge is 0.121 e. The summed E-state index contributed by atoms with van der Waals surface area (Å²) in [5.74, 6) is 0.705. The highest BCUT2D eigenvalue weighted by molar-refractivity contribution is 6.33. The summed E-state index contributed by atoms with van der Waals surface area (Å²) in [6.45, 7) is 0. The van der Waals surface area contributed by atoms with Crippen LogP contribution in [-0.4, -0.2) is 7.11 Å². The first-order valence-electron chi connectivity index (χ1n) is 5.34. The Morgan fingerprint density at radius 2 is 1.94 bits per heavy atom. The van der Waals surface area contributed by atoms with Crippen molar-refractivity contribution in [3.63, 3.8) is 0 Å². The van der Waals surface area contributed by atoms with Gasteiger partial charge in [-0.2, -0.15) is 5.26 Å². The van der Waals surface area contributed by atoms with Gasteiger partial charge in [0.2, 0.25) is 0 Å². The summed E-state index contributed by atoms with van der Waals surface area (Å²) in [6, 6.07) is 14.7. The quantitative estimate of drug-likeness (QED) is 0.906. The Bertz CT molecular complexity index is 605. The maximum Gasteiger partial charge on any atom is 0.121 e. The lowest BCUT2D eigenvalue weighted by Gasteiger charge is -2.11. The number of rotatable bonds is 3. The molecule has 0 aliphatic carbocycles. The first-order valence-corrected chi connectivity index (χ1v) is 5.72. The van der Waals surface area contributed by atoms with Gasteiger partial charge >= 0.3 is 0 Å². The fourth-order valence-electron chi connectivity index (χ4n) is 1.56. The summed E-state index contributed by atoms with van der Waals surface area (Å²) in [7, 11) is 1.59. The second-order valence-corrected chi connectivity index (χ2v) is 4.04. The molecule has 2 aromatic rings. The van der Waals surface area contributed by atoms with E-state index in [0.29, 0.717) is 22.0 Å².